The molecule has 0 saturated carbocycles. The minimum absolute atomic E-state index is 0.398. The molecule has 0 aliphatic heterocycles. The second-order valence-corrected chi connectivity index (χ2v) is 8.05. The van der Waals surface area contributed by atoms with Gasteiger partial charge in [0.15, 0.2) is 0 Å². The third-order valence-corrected chi connectivity index (χ3v) is 6.83. The van der Waals surface area contributed by atoms with Crippen molar-refractivity contribution in [1.29, 1.82) is 0 Å². The van der Waals surface area contributed by atoms with Crippen LogP contribution in [0.1, 0.15) is 19.8 Å². The molecule has 0 N–H and O–H groups in total. The normalized spacial score (nSPS) is 12.5. The molecule has 0 nitrogen and oxygen atoms in total. The predicted molar refractivity (Wildman–Crippen MR) is 71.6 cm³/mol. The van der Waals surface area contributed by atoms with E-state index in [-0.39, 0.29) is 0 Å². The van der Waals surface area contributed by atoms with E-state index in [2.05, 4.69) is 69.1 Å². The van der Waals surface area contributed by atoms with Crippen LogP contribution in [0.4, 0.5) is 0 Å². The Balaban J connectivity index is 2.65. The Bertz CT molecular complexity index is 306. The van der Waals surface area contributed by atoms with E-state index < -0.39 is 0 Å². The van der Waals surface area contributed by atoms with Crippen molar-refractivity contribution in [3.8, 4) is 0 Å². The van der Waals surface area contributed by atoms with E-state index in [1.165, 1.54) is 18.7 Å². The standard InChI is InChI=1S/C11H12Br2Se/c1-2-6-10(12)11(13)14-9-7-4-3-5-8-9/h3-5,7-8H,2,6H2,1H3/b11-10-. The summed E-state index contributed by atoms with van der Waals surface area (Å²) in [5.41, 5.74) is 0. The van der Waals surface area contributed by atoms with Gasteiger partial charge in [-0.15, -0.1) is 0 Å². The molecule has 0 saturated heterocycles. The van der Waals surface area contributed by atoms with Crippen molar-refractivity contribution in [2.75, 3.05) is 0 Å². The van der Waals surface area contributed by atoms with Crippen molar-refractivity contribution in [3.05, 3.63) is 38.2 Å². The first-order valence-corrected chi connectivity index (χ1v) is 7.81. The van der Waals surface area contributed by atoms with Crippen LogP contribution < -0.4 is 4.46 Å². The van der Waals surface area contributed by atoms with Crippen LogP contribution in [0.15, 0.2) is 38.2 Å². The SMILES string of the molecule is CCC/C(Br)=C(\Br)[Se]c1ccccc1. The summed E-state index contributed by atoms with van der Waals surface area (Å²) in [6.07, 6.45) is 2.30. The molecule has 0 bridgehead atoms. The van der Waals surface area contributed by atoms with Crippen LogP contribution >= 0.6 is 31.9 Å². The molecule has 0 aliphatic carbocycles. The van der Waals surface area contributed by atoms with Crippen molar-refractivity contribution in [2.45, 2.75) is 19.8 Å². The van der Waals surface area contributed by atoms with Crippen LogP contribution in [0, 0.1) is 0 Å². The summed E-state index contributed by atoms with van der Waals surface area (Å²) in [6.45, 7) is 2.19. The zero-order valence-electron chi connectivity index (χ0n) is 7.97. The van der Waals surface area contributed by atoms with E-state index in [9.17, 15) is 0 Å². The van der Waals surface area contributed by atoms with Gasteiger partial charge in [-0.05, 0) is 0 Å². The van der Waals surface area contributed by atoms with Crippen molar-refractivity contribution in [3.63, 3.8) is 0 Å². The minimum atomic E-state index is 0.398. The summed E-state index contributed by atoms with van der Waals surface area (Å²) in [7, 11) is 0. The van der Waals surface area contributed by atoms with Gasteiger partial charge in [-0.25, -0.2) is 0 Å². The maximum atomic E-state index is 3.64. The van der Waals surface area contributed by atoms with E-state index >= 15 is 0 Å². The fourth-order valence-corrected chi connectivity index (χ4v) is 4.45. The van der Waals surface area contributed by atoms with Gasteiger partial charge in [-0.3, -0.25) is 0 Å². The molecule has 0 amide bonds. The molecule has 0 radical (unpaired) electrons. The van der Waals surface area contributed by atoms with Gasteiger partial charge >= 0.3 is 109 Å². The summed E-state index contributed by atoms with van der Waals surface area (Å²) in [6, 6.07) is 10.6. The zero-order valence-corrected chi connectivity index (χ0v) is 12.9. The van der Waals surface area contributed by atoms with Gasteiger partial charge in [0.25, 0.3) is 0 Å². The first-order chi connectivity index (χ1) is 6.74. The quantitative estimate of drug-likeness (QED) is 0.695. The molecule has 1 aromatic rings. The van der Waals surface area contributed by atoms with Gasteiger partial charge in [0.2, 0.25) is 0 Å². The molecule has 0 fully saturated rings. The predicted octanol–water partition coefficient (Wildman–Crippen LogP) is 3.78. The molecule has 3 heteroatoms. The molecule has 0 aromatic heterocycles. The van der Waals surface area contributed by atoms with Crippen LogP contribution in [-0.2, 0) is 0 Å². The third-order valence-electron chi connectivity index (χ3n) is 1.63. The van der Waals surface area contributed by atoms with Crippen molar-refractivity contribution >= 4 is 51.3 Å². The summed E-state index contributed by atoms with van der Waals surface area (Å²) >= 11 is 7.65. The molecule has 14 heavy (non-hydrogen) atoms. The molecule has 1 rings (SSSR count). The monoisotopic (exact) mass is 382 g/mol. The summed E-state index contributed by atoms with van der Waals surface area (Å²) in [5.74, 6) is 0. The Morgan fingerprint density at radius 2 is 1.86 bits per heavy atom. The van der Waals surface area contributed by atoms with Crippen molar-refractivity contribution in [2.24, 2.45) is 0 Å². The topological polar surface area (TPSA) is 0 Å². The van der Waals surface area contributed by atoms with Gasteiger partial charge in [0.05, 0.1) is 0 Å². The summed E-state index contributed by atoms with van der Waals surface area (Å²) in [5, 5.41) is 0. The fourth-order valence-electron chi connectivity index (χ4n) is 0.965. The molecule has 0 spiro atoms. The molecule has 0 unspecified atom stereocenters. The second-order valence-electron chi connectivity index (χ2n) is 2.84. The number of allylic oxidation sites excluding steroid dienone is 1. The number of hydrogen-bond acceptors (Lipinski definition) is 0. The first kappa shape index (κ1) is 12.5. The van der Waals surface area contributed by atoms with Crippen molar-refractivity contribution in [1.82, 2.24) is 0 Å². The molecule has 1 aromatic carbocycles. The number of benzene rings is 1. The summed E-state index contributed by atoms with van der Waals surface area (Å²) in [4.78, 5) is 0. The molecule has 76 valence electrons. The molecular formula is C11H12Br2Se. The van der Waals surface area contributed by atoms with Crippen LogP contribution in [0.25, 0.3) is 0 Å². The van der Waals surface area contributed by atoms with Crippen LogP contribution in [0.2, 0.25) is 0 Å². The van der Waals surface area contributed by atoms with Gasteiger partial charge in [0, 0.05) is 0 Å². The molecule has 0 aliphatic rings. The Hall–Kier alpha value is 0.439. The van der Waals surface area contributed by atoms with E-state index in [0.717, 1.165) is 6.42 Å². The Kier molecular flexibility index (Phi) is 6.11. The van der Waals surface area contributed by atoms with E-state index in [4.69, 9.17) is 0 Å². The molecule has 0 atom stereocenters. The Labute approximate surface area is 109 Å². The van der Waals surface area contributed by atoms with Crippen molar-refractivity contribution < 1.29 is 0 Å². The Morgan fingerprint density at radius 1 is 1.21 bits per heavy atom. The third kappa shape index (κ3) is 4.31. The average molecular weight is 383 g/mol. The van der Waals surface area contributed by atoms with Crippen LogP contribution in [0.5, 0.6) is 0 Å². The maximum absolute atomic E-state index is 3.64. The first-order valence-electron chi connectivity index (χ1n) is 4.51. The van der Waals surface area contributed by atoms with Crippen LogP contribution in [-0.4, -0.2) is 15.0 Å². The zero-order chi connectivity index (χ0) is 10.4. The van der Waals surface area contributed by atoms with Crippen LogP contribution in [0.3, 0.4) is 0 Å². The van der Waals surface area contributed by atoms with Gasteiger partial charge in [-0.1, -0.05) is 0 Å². The van der Waals surface area contributed by atoms with Gasteiger partial charge in [0.1, 0.15) is 0 Å². The number of halogens is 2. The molecular weight excluding hydrogens is 371 g/mol. The van der Waals surface area contributed by atoms with E-state index in [1.54, 1.807) is 0 Å². The Morgan fingerprint density at radius 3 is 2.43 bits per heavy atom. The summed E-state index contributed by atoms with van der Waals surface area (Å²) < 4.78 is 4.03. The second kappa shape index (κ2) is 6.84. The van der Waals surface area contributed by atoms with E-state index in [0.29, 0.717) is 15.0 Å². The number of hydrogen-bond donors (Lipinski definition) is 0. The van der Waals surface area contributed by atoms with Gasteiger partial charge < -0.3 is 0 Å². The average Bonchev–Trinajstić information content (AvgIpc) is 2.19. The van der Waals surface area contributed by atoms with E-state index in [1.807, 2.05) is 0 Å². The van der Waals surface area contributed by atoms with Gasteiger partial charge in [-0.2, -0.15) is 0 Å². The fraction of sp³-hybridized carbons (Fsp3) is 0.273. The molecule has 0 heterocycles. The number of rotatable bonds is 4.